The summed E-state index contributed by atoms with van der Waals surface area (Å²) < 4.78 is 0. The van der Waals surface area contributed by atoms with E-state index in [1.165, 1.54) is 49.7 Å². The Kier molecular flexibility index (Phi) is 8.17. The van der Waals surface area contributed by atoms with Gasteiger partial charge in [-0.2, -0.15) is 0 Å². The van der Waals surface area contributed by atoms with Crippen LogP contribution in [-0.2, 0) is 6.42 Å². The minimum atomic E-state index is 0.196. The lowest BCUT2D eigenvalue weighted by atomic mass is 10.0. The lowest BCUT2D eigenvalue weighted by Gasteiger charge is -2.10. The van der Waals surface area contributed by atoms with Crippen LogP contribution in [0.5, 0.6) is 0 Å². The SMILES string of the molecule is CCCCCCCCC(Cl)c1ccc(CC)cc1. The van der Waals surface area contributed by atoms with Crippen molar-refractivity contribution < 1.29 is 0 Å². The van der Waals surface area contributed by atoms with Gasteiger partial charge in [-0.15, -0.1) is 11.6 Å². The molecule has 0 radical (unpaired) electrons. The number of hydrogen-bond donors (Lipinski definition) is 0. The summed E-state index contributed by atoms with van der Waals surface area (Å²) >= 11 is 6.44. The van der Waals surface area contributed by atoms with E-state index in [0.29, 0.717) is 0 Å². The van der Waals surface area contributed by atoms with Gasteiger partial charge in [0.1, 0.15) is 0 Å². The highest BCUT2D eigenvalue weighted by molar-refractivity contribution is 6.20. The molecule has 0 aromatic heterocycles. The molecule has 0 N–H and O–H groups in total. The Labute approximate surface area is 118 Å². The van der Waals surface area contributed by atoms with Gasteiger partial charge in [0.05, 0.1) is 5.38 Å². The molecule has 102 valence electrons. The molecule has 18 heavy (non-hydrogen) atoms. The second kappa shape index (κ2) is 9.44. The van der Waals surface area contributed by atoms with Gasteiger partial charge in [-0.3, -0.25) is 0 Å². The van der Waals surface area contributed by atoms with Gasteiger partial charge < -0.3 is 0 Å². The summed E-state index contributed by atoms with van der Waals surface area (Å²) in [6.07, 6.45) is 10.2. The van der Waals surface area contributed by atoms with Crippen molar-refractivity contribution in [2.24, 2.45) is 0 Å². The monoisotopic (exact) mass is 266 g/mol. The van der Waals surface area contributed by atoms with Crippen LogP contribution in [0, 0.1) is 0 Å². The highest BCUT2D eigenvalue weighted by Crippen LogP contribution is 2.27. The molecule has 0 saturated carbocycles. The first kappa shape index (κ1) is 15.6. The second-order valence-corrected chi connectivity index (χ2v) is 5.65. The van der Waals surface area contributed by atoms with Crippen molar-refractivity contribution >= 4 is 11.6 Å². The maximum absolute atomic E-state index is 6.44. The molecule has 0 bridgehead atoms. The zero-order valence-corrected chi connectivity index (χ0v) is 12.7. The molecule has 1 rings (SSSR count). The highest BCUT2D eigenvalue weighted by Gasteiger charge is 2.07. The number of benzene rings is 1. The van der Waals surface area contributed by atoms with Crippen molar-refractivity contribution in [1.29, 1.82) is 0 Å². The largest absolute Gasteiger partial charge is 0.118 e. The van der Waals surface area contributed by atoms with Crippen molar-refractivity contribution in [2.75, 3.05) is 0 Å². The molecule has 0 nitrogen and oxygen atoms in total. The van der Waals surface area contributed by atoms with Gasteiger partial charge in [0.25, 0.3) is 0 Å². The van der Waals surface area contributed by atoms with E-state index in [1.54, 1.807) is 0 Å². The normalized spacial score (nSPS) is 12.6. The summed E-state index contributed by atoms with van der Waals surface area (Å²) in [4.78, 5) is 0. The summed E-state index contributed by atoms with van der Waals surface area (Å²) in [5.41, 5.74) is 2.67. The zero-order chi connectivity index (χ0) is 13.2. The summed E-state index contributed by atoms with van der Waals surface area (Å²) in [6.45, 7) is 4.44. The van der Waals surface area contributed by atoms with Gasteiger partial charge in [0.15, 0.2) is 0 Å². The fourth-order valence-corrected chi connectivity index (χ4v) is 2.53. The lowest BCUT2D eigenvalue weighted by Crippen LogP contribution is -1.92. The molecule has 0 heterocycles. The molecule has 1 heteroatoms. The first-order valence-electron chi connectivity index (χ1n) is 7.50. The molecular weight excluding hydrogens is 240 g/mol. The van der Waals surface area contributed by atoms with E-state index in [0.717, 1.165) is 12.8 Å². The number of rotatable bonds is 9. The van der Waals surface area contributed by atoms with Gasteiger partial charge >= 0.3 is 0 Å². The molecule has 1 aromatic carbocycles. The third-order valence-electron chi connectivity index (χ3n) is 3.56. The fourth-order valence-electron chi connectivity index (χ4n) is 2.23. The third kappa shape index (κ3) is 5.91. The van der Waals surface area contributed by atoms with E-state index in [2.05, 4.69) is 38.1 Å². The Morgan fingerprint density at radius 1 is 0.889 bits per heavy atom. The standard InChI is InChI=1S/C17H27Cl/c1-3-5-6-7-8-9-10-17(18)16-13-11-15(4-2)12-14-16/h11-14,17H,3-10H2,1-2H3. The maximum atomic E-state index is 6.44. The maximum Gasteiger partial charge on any atom is 0.0585 e. The van der Waals surface area contributed by atoms with Crippen LogP contribution in [0.3, 0.4) is 0 Å². The van der Waals surface area contributed by atoms with E-state index in [4.69, 9.17) is 11.6 Å². The van der Waals surface area contributed by atoms with Crippen LogP contribution < -0.4 is 0 Å². The van der Waals surface area contributed by atoms with E-state index in [9.17, 15) is 0 Å². The minimum Gasteiger partial charge on any atom is -0.118 e. The molecule has 0 spiro atoms. The van der Waals surface area contributed by atoms with Gasteiger partial charge in [-0.25, -0.2) is 0 Å². The van der Waals surface area contributed by atoms with E-state index >= 15 is 0 Å². The first-order valence-corrected chi connectivity index (χ1v) is 7.94. The summed E-state index contributed by atoms with van der Waals surface area (Å²) in [5, 5.41) is 0.196. The van der Waals surface area contributed by atoms with Gasteiger partial charge in [0.2, 0.25) is 0 Å². The summed E-state index contributed by atoms with van der Waals surface area (Å²) in [5.74, 6) is 0. The fraction of sp³-hybridized carbons (Fsp3) is 0.647. The number of alkyl halides is 1. The minimum absolute atomic E-state index is 0.196. The number of unbranched alkanes of at least 4 members (excludes halogenated alkanes) is 5. The average molecular weight is 267 g/mol. The third-order valence-corrected chi connectivity index (χ3v) is 4.03. The Hall–Kier alpha value is -0.490. The number of halogens is 1. The molecule has 0 aliphatic carbocycles. The van der Waals surface area contributed by atoms with Crippen LogP contribution in [0.15, 0.2) is 24.3 Å². The molecule has 0 aliphatic heterocycles. The molecule has 1 aromatic rings. The topological polar surface area (TPSA) is 0 Å². The van der Waals surface area contributed by atoms with Crippen molar-refractivity contribution in [3.05, 3.63) is 35.4 Å². The molecule has 1 unspecified atom stereocenters. The molecule has 0 saturated heterocycles. The summed E-state index contributed by atoms with van der Waals surface area (Å²) in [6, 6.07) is 8.78. The van der Waals surface area contributed by atoms with Crippen LogP contribution in [0.25, 0.3) is 0 Å². The van der Waals surface area contributed by atoms with Gasteiger partial charge in [0, 0.05) is 0 Å². The molecule has 0 aliphatic rings. The van der Waals surface area contributed by atoms with Crippen molar-refractivity contribution in [1.82, 2.24) is 0 Å². The molecule has 0 fully saturated rings. The number of aryl methyl sites for hydroxylation is 1. The van der Waals surface area contributed by atoms with Gasteiger partial charge in [-0.05, 0) is 24.0 Å². The average Bonchev–Trinajstić information content (AvgIpc) is 2.42. The highest BCUT2D eigenvalue weighted by atomic mass is 35.5. The lowest BCUT2D eigenvalue weighted by molar-refractivity contribution is 0.584. The quantitative estimate of drug-likeness (QED) is 0.364. The van der Waals surface area contributed by atoms with E-state index in [-0.39, 0.29) is 5.38 Å². The van der Waals surface area contributed by atoms with E-state index in [1.807, 2.05) is 0 Å². The molecule has 0 amide bonds. The Morgan fingerprint density at radius 3 is 2.11 bits per heavy atom. The van der Waals surface area contributed by atoms with Crippen molar-refractivity contribution in [2.45, 2.75) is 70.6 Å². The van der Waals surface area contributed by atoms with Crippen molar-refractivity contribution in [3.8, 4) is 0 Å². The van der Waals surface area contributed by atoms with Crippen molar-refractivity contribution in [3.63, 3.8) is 0 Å². The predicted molar refractivity (Wildman–Crippen MR) is 82.4 cm³/mol. The van der Waals surface area contributed by atoms with Gasteiger partial charge in [-0.1, -0.05) is 76.6 Å². The van der Waals surface area contributed by atoms with Crippen LogP contribution >= 0.6 is 11.6 Å². The first-order chi connectivity index (χ1) is 8.77. The smallest absolute Gasteiger partial charge is 0.0585 e. The molecular formula is C17H27Cl. The Balaban J connectivity index is 2.21. The van der Waals surface area contributed by atoms with Crippen LogP contribution in [0.4, 0.5) is 0 Å². The zero-order valence-electron chi connectivity index (χ0n) is 11.9. The van der Waals surface area contributed by atoms with Crippen LogP contribution in [0.1, 0.15) is 75.3 Å². The van der Waals surface area contributed by atoms with Crippen LogP contribution in [-0.4, -0.2) is 0 Å². The number of hydrogen-bond acceptors (Lipinski definition) is 0. The Bertz CT molecular complexity index is 302. The van der Waals surface area contributed by atoms with E-state index < -0.39 is 0 Å². The summed E-state index contributed by atoms with van der Waals surface area (Å²) in [7, 11) is 0. The predicted octanol–water partition coefficient (Wildman–Crippen LogP) is 6.28. The molecule has 1 atom stereocenters. The van der Waals surface area contributed by atoms with Crippen LogP contribution in [0.2, 0.25) is 0 Å². The second-order valence-electron chi connectivity index (χ2n) is 5.12. The Morgan fingerprint density at radius 2 is 1.50 bits per heavy atom.